The molecule has 32 heavy (non-hydrogen) atoms. The molecule has 3 aromatic carbocycles. The zero-order valence-electron chi connectivity index (χ0n) is 17.9. The zero-order chi connectivity index (χ0) is 22.5. The Morgan fingerprint density at radius 1 is 1.00 bits per heavy atom. The van der Waals surface area contributed by atoms with Gasteiger partial charge in [-0.25, -0.2) is 4.79 Å². The Kier molecular flexibility index (Phi) is 6.26. The first-order valence-corrected chi connectivity index (χ1v) is 10.5. The molecule has 7 nitrogen and oxygen atoms in total. The van der Waals surface area contributed by atoms with E-state index in [4.69, 9.17) is 5.73 Å². The molecule has 1 saturated heterocycles. The summed E-state index contributed by atoms with van der Waals surface area (Å²) in [6.45, 7) is 1.52. The lowest BCUT2D eigenvalue weighted by Gasteiger charge is -2.19. The van der Waals surface area contributed by atoms with Crippen molar-refractivity contribution < 1.29 is 14.3 Å². The number of carbonyl (C=O) groups is 2. The Morgan fingerprint density at radius 2 is 1.75 bits per heavy atom. The SMILES string of the molecule is COC(=O)N[C@H]1CCN(c2ccc(C(=O)Nc3cc(-c4ccccc4)ccc3N)cc2)C1. The molecular weight excluding hydrogens is 404 g/mol. The van der Waals surface area contributed by atoms with E-state index in [1.54, 1.807) is 18.2 Å². The summed E-state index contributed by atoms with van der Waals surface area (Å²) >= 11 is 0. The number of nitrogens with two attached hydrogens (primary N) is 1. The number of hydrogen-bond donors (Lipinski definition) is 3. The molecule has 164 valence electrons. The summed E-state index contributed by atoms with van der Waals surface area (Å²) in [5.74, 6) is -0.222. The van der Waals surface area contributed by atoms with Gasteiger partial charge in [-0.2, -0.15) is 0 Å². The fourth-order valence-corrected chi connectivity index (χ4v) is 3.83. The van der Waals surface area contributed by atoms with Crippen molar-refractivity contribution in [1.29, 1.82) is 0 Å². The lowest BCUT2D eigenvalue weighted by Crippen LogP contribution is -2.36. The minimum Gasteiger partial charge on any atom is -0.453 e. The van der Waals surface area contributed by atoms with E-state index in [2.05, 4.69) is 20.3 Å². The highest BCUT2D eigenvalue weighted by Gasteiger charge is 2.24. The number of rotatable bonds is 5. The molecule has 1 atom stereocenters. The predicted octanol–water partition coefficient (Wildman–Crippen LogP) is 4.12. The van der Waals surface area contributed by atoms with Crippen LogP contribution in [-0.2, 0) is 4.74 Å². The van der Waals surface area contributed by atoms with E-state index < -0.39 is 6.09 Å². The number of anilines is 3. The maximum absolute atomic E-state index is 12.8. The molecule has 1 aliphatic heterocycles. The number of nitrogens with one attached hydrogen (secondary N) is 2. The number of benzene rings is 3. The molecule has 0 aromatic heterocycles. The molecule has 2 amide bonds. The average Bonchev–Trinajstić information content (AvgIpc) is 3.29. The van der Waals surface area contributed by atoms with E-state index in [1.165, 1.54) is 7.11 Å². The number of ether oxygens (including phenoxy) is 1. The van der Waals surface area contributed by atoms with Gasteiger partial charge in [0.1, 0.15) is 0 Å². The lowest BCUT2D eigenvalue weighted by molar-refractivity contribution is 0.102. The van der Waals surface area contributed by atoms with Crippen molar-refractivity contribution in [2.75, 3.05) is 36.1 Å². The van der Waals surface area contributed by atoms with Crippen LogP contribution >= 0.6 is 0 Å². The highest BCUT2D eigenvalue weighted by Crippen LogP contribution is 2.28. The largest absolute Gasteiger partial charge is 0.453 e. The summed E-state index contributed by atoms with van der Waals surface area (Å²) in [6, 6.07) is 23.0. The van der Waals surface area contributed by atoms with Crippen molar-refractivity contribution in [3.8, 4) is 11.1 Å². The van der Waals surface area contributed by atoms with Gasteiger partial charge in [0.25, 0.3) is 5.91 Å². The lowest BCUT2D eigenvalue weighted by atomic mass is 10.0. The molecule has 0 spiro atoms. The van der Waals surface area contributed by atoms with Crippen LogP contribution in [0.3, 0.4) is 0 Å². The van der Waals surface area contributed by atoms with Gasteiger partial charge < -0.3 is 26.0 Å². The van der Waals surface area contributed by atoms with Crippen LogP contribution in [0, 0.1) is 0 Å². The molecular formula is C25H26N4O3. The third kappa shape index (κ3) is 4.83. The third-order valence-electron chi connectivity index (χ3n) is 5.60. The second-order valence-corrected chi connectivity index (χ2v) is 7.74. The number of hydrogen-bond acceptors (Lipinski definition) is 5. The molecule has 0 aliphatic carbocycles. The molecule has 4 N–H and O–H groups in total. The second-order valence-electron chi connectivity index (χ2n) is 7.74. The smallest absolute Gasteiger partial charge is 0.407 e. The van der Waals surface area contributed by atoms with Crippen LogP contribution in [0.15, 0.2) is 72.8 Å². The fraction of sp³-hybridized carbons (Fsp3) is 0.200. The van der Waals surface area contributed by atoms with Crippen molar-refractivity contribution in [3.63, 3.8) is 0 Å². The predicted molar refractivity (Wildman–Crippen MR) is 127 cm³/mol. The highest BCUT2D eigenvalue weighted by molar-refractivity contribution is 6.06. The quantitative estimate of drug-likeness (QED) is 0.529. The van der Waals surface area contributed by atoms with Crippen LogP contribution in [-0.4, -0.2) is 38.2 Å². The monoisotopic (exact) mass is 430 g/mol. The standard InChI is InChI=1S/C25H26N4O3/c1-32-25(31)27-20-13-14-29(16-20)21-10-7-18(8-11-21)24(30)28-23-15-19(9-12-22(23)26)17-5-3-2-4-6-17/h2-12,15,20H,13-14,16,26H2,1H3,(H,27,31)(H,28,30)/t20-/m0/s1. The van der Waals surface area contributed by atoms with Gasteiger partial charge in [-0.1, -0.05) is 36.4 Å². The van der Waals surface area contributed by atoms with Crippen LogP contribution in [0.4, 0.5) is 21.9 Å². The molecule has 0 saturated carbocycles. The average molecular weight is 431 g/mol. The van der Waals surface area contributed by atoms with E-state index in [0.717, 1.165) is 29.8 Å². The summed E-state index contributed by atoms with van der Waals surface area (Å²) < 4.78 is 4.66. The van der Waals surface area contributed by atoms with E-state index >= 15 is 0 Å². The minimum atomic E-state index is -0.417. The Morgan fingerprint density at radius 3 is 2.47 bits per heavy atom. The number of amides is 2. The number of methoxy groups -OCH3 is 1. The van der Waals surface area contributed by atoms with Gasteiger partial charge >= 0.3 is 6.09 Å². The minimum absolute atomic E-state index is 0.0466. The molecule has 1 aliphatic rings. The van der Waals surface area contributed by atoms with Crippen molar-refractivity contribution >= 4 is 29.1 Å². The van der Waals surface area contributed by atoms with Crippen molar-refractivity contribution in [2.24, 2.45) is 0 Å². The van der Waals surface area contributed by atoms with E-state index in [1.807, 2.05) is 54.6 Å². The zero-order valence-corrected chi connectivity index (χ0v) is 17.9. The third-order valence-corrected chi connectivity index (χ3v) is 5.60. The van der Waals surface area contributed by atoms with Crippen molar-refractivity contribution in [2.45, 2.75) is 12.5 Å². The summed E-state index contributed by atoms with van der Waals surface area (Å²) in [7, 11) is 1.36. The first kappa shape index (κ1) is 21.2. The summed E-state index contributed by atoms with van der Waals surface area (Å²) in [5.41, 5.74) is 10.8. The van der Waals surface area contributed by atoms with Gasteiger partial charge in [0.05, 0.1) is 24.5 Å². The Bertz CT molecular complexity index is 1100. The van der Waals surface area contributed by atoms with Crippen molar-refractivity contribution in [1.82, 2.24) is 5.32 Å². The number of alkyl carbamates (subject to hydrolysis) is 1. The molecule has 1 fully saturated rings. The summed E-state index contributed by atoms with van der Waals surface area (Å²) in [5, 5.41) is 5.75. The molecule has 0 bridgehead atoms. The van der Waals surface area contributed by atoms with Gasteiger partial charge in [0, 0.05) is 24.3 Å². The van der Waals surface area contributed by atoms with Crippen molar-refractivity contribution in [3.05, 3.63) is 78.4 Å². The number of nitrogen functional groups attached to an aromatic ring is 1. The van der Waals surface area contributed by atoms with E-state index in [-0.39, 0.29) is 11.9 Å². The van der Waals surface area contributed by atoms with Gasteiger partial charge in [0.15, 0.2) is 0 Å². The van der Waals surface area contributed by atoms with Crippen LogP contribution in [0.25, 0.3) is 11.1 Å². The van der Waals surface area contributed by atoms with Crippen LogP contribution in [0.2, 0.25) is 0 Å². The molecule has 0 radical (unpaired) electrons. The van der Waals surface area contributed by atoms with E-state index in [0.29, 0.717) is 23.5 Å². The van der Waals surface area contributed by atoms with Gasteiger partial charge in [-0.15, -0.1) is 0 Å². The van der Waals surface area contributed by atoms with Crippen LogP contribution < -0.4 is 21.3 Å². The Balaban J connectivity index is 1.42. The normalized spacial score (nSPS) is 15.3. The maximum Gasteiger partial charge on any atom is 0.407 e. The van der Waals surface area contributed by atoms with Crippen LogP contribution in [0.5, 0.6) is 0 Å². The molecule has 4 rings (SSSR count). The maximum atomic E-state index is 12.8. The molecule has 3 aromatic rings. The van der Waals surface area contributed by atoms with Gasteiger partial charge in [-0.3, -0.25) is 4.79 Å². The topological polar surface area (TPSA) is 96.7 Å². The Hall–Kier alpha value is -4.00. The van der Waals surface area contributed by atoms with Crippen LogP contribution in [0.1, 0.15) is 16.8 Å². The van der Waals surface area contributed by atoms with E-state index in [9.17, 15) is 9.59 Å². The molecule has 1 heterocycles. The Labute approximate surface area is 187 Å². The first-order valence-electron chi connectivity index (χ1n) is 10.5. The molecule has 7 heteroatoms. The van der Waals surface area contributed by atoms with Gasteiger partial charge in [-0.05, 0) is 53.9 Å². The second kappa shape index (κ2) is 9.43. The first-order chi connectivity index (χ1) is 15.5. The fourth-order valence-electron chi connectivity index (χ4n) is 3.83. The summed E-state index contributed by atoms with van der Waals surface area (Å²) in [4.78, 5) is 26.4. The number of carbonyl (C=O) groups excluding carboxylic acids is 2. The molecule has 0 unspecified atom stereocenters. The van der Waals surface area contributed by atoms with Gasteiger partial charge in [0.2, 0.25) is 0 Å². The summed E-state index contributed by atoms with van der Waals surface area (Å²) in [6.07, 6.45) is 0.424. The highest BCUT2D eigenvalue weighted by atomic mass is 16.5. The number of nitrogens with zero attached hydrogens (tertiary/aromatic N) is 1.